The summed E-state index contributed by atoms with van der Waals surface area (Å²) in [6, 6.07) is -0.702. The van der Waals surface area contributed by atoms with Gasteiger partial charge in [-0.15, -0.1) is 0 Å². The average Bonchev–Trinajstić information content (AvgIpc) is 3.40. The van der Waals surface area contributed by atoms with Gasteiger partial charge in [-0.05, 0) is 51.1 Å². The third-order valence-electron chi connectivity index (χ3n) is 4.39. The molecule has 0 radical (unpaired) electrons. The van der Waals surface area contributed by atoms with Crippen LogP contribution in [0.15, 0.2) is 0 Å². The van der Waals surface area contributed by atoms with E-state index < -0.39 is 30.1 Å². The molecule has 0 saturated carbocycles. The van der Waals surface area contributed by atoms with Gasteiger partial charge in [0, 0.05) is 13.1 Å². The number of carboxylic acid groups (broad SMARTS) is 1. The quantitative estimate of drug-likeness (QED) is 0.236. The number of aliphatic carboxylic acids is 1. The maximum atomic E-state index is 13.1. The number of ether oxygens (including phenoxy) is 1. The number of nitrogens with two attached hydrogens (primary N) is 2. The molecule has 0 bridgehead atoms. The van der Waals surface area contributed by atoms with Crippen molar-refractivity contribution in [1.29, 1.82) is 0 Å². The van der Waals surface area contributed by atoms with E-state index in [0.717, 1.165) is 25.7 Å². The van der Waals surface area contributed by atoms with Crippen LogP contribution in [0.5, 0.6) is 0 Å². The Hall–Kier alpha value is -1.71. The number of carboxylic acids is 1. The molecule has 6 N–H and O–H groups in total. The van der Waals surface area contributed by atoms with Gasteiger partial charge in [0.15, 0.2) is 12.2 Å². The van der Waals surface area contributed by atoms with Crippen LogP contribution in [-0.2, 0) is 19.1 Å². The number of carbonyl (C=O) groups excluding carboxylic acids is 2. The highest BCUT2D eigenvalue weighted by atomic mass is 16.6. The SMILES string of the molecule is CC(C)C[C@H](NC(=O)C1O[C@@H]1C(=O)O)C(=O)N(CCCCN)CCCCN. The van der Waals surface area contributed by atoms with Gasteiger partial charge in [-0.1, -0.05) is 13.8 Å². The zero-order valence-corrected chi connectivity index (χ0v) is 16.4. The van der Waals surface area contributed by atoms with Gasteiger partial charge < -0.3 is 31.5 Å². The van der Waals surface area contributed by atoms with E-state index >= 15 is 0 Å². The number of rotatable bonds is 14. The van der Waals surface area contributed by atoms with Crippen molar-refractivity contribution in [1.82, 2.24) is 10.2 Å². The van der Waals surface area contributed by atoms with Gasteiger partial charge in [0.1, 0.15) is 6.04 Å². The Bertz CT molecular complexity index is 490. The average molecular weight is 386 g/mol. The molecule has 9 heteroatoms. The minimum absolute atomic E-state index is 0.154. The first-order valence-electron chi connectivity index (χ1n) is 9.69. The first-order valence-corrected chi connectivity index (χ1v) is 9.69. The monoisotopic (exact) mass is 386 g/mol. The van der Waals surface area contributed by atoms with Crippen LogP contribution in [0.2, 0.25) is 0 Å². The van der Waals surface area contributed by atoms with Crippen LogP contribution in [0, 0.1) is 5.92 Å². The first-order chi connectivity index (χ1) is 12.8. The fourth-order valence-electron chi connectivity index (χ4n) is 2.89. The van der Waals surface area contributed by atoms with Crippen LogP contribution in [0.25, 0.3) is 0 Å². The summed E-state index contributed by atoms with van der Waals surface area (Å²) in [4.78, 5) is 37.9. The summed E-state index contributed by atoms with van der Waals surface area (Å²) in [6.07, 6.45) is 1.55. The zero-order chi connectivity index (χ0) is 20.4. The molecule has 1 unspecified atom stereocenters. The number of nitrogens with zero attached hydrogens (tertiary/aromatic N) is 1. The van der Waals surface area contributed by atoms with E-state index in [1.807, 2.05) is 13.8 Å². The van der Waals surface area contributed by atoms with Gasteiger partial charge in [-0.3, -0.25) is 9.59 Å². The van der Waals surface area contributed by atoms with E-state index in [0.29, 0.717) is 32.6 Å². The molecule has 0 aromatic rings. The molecular formula is C18H34N4O5. The summed E-state index contributed by atoms with van der Waals surface area (Å²) in [5, 5.41) is 11.6. The number of hydrogen-bond donors (Lipinski definition) is 4. The van der Waals surface area contributed by atoms with E-state index in [2.05, 4.69) is 5.32 Å². The predicted octanol–water partition coefficient (Wildman–Crippen LogP) is -0.324. The Morgan fingerprint density at radius 1 is 1.04 bits per heavy atom. The number of hydrogen-bond acceptors (Lipinski definition) is 6. The fraction of sp³-hybridized carbons (Fsp3) is 0.833. The van der Waals surface area contributed by atoms with Crippen LogP contribution >= 0.6 is 0 Å². The lowest BCUT2D eigenvalue weighted by atomic mass is 10.0. The molecule has 3 atom stereocenters. The smallest absolute Gasteiger partial charge is 0.336 e. The molecule has 1 fully saturated rings. The molecule has 0 aromatic carbocycles. The normalized spacial score (nSPS) is 19.6. The molecule has 1 aliphatic rings. The van der Waals surface area contributed by atoms with Gasteiger partial charge >= 0.3 is 5.97 Å². The van der Waals surface area contributed by atoms with Crippen molar-refractivity contribution in [2.75, 3.05) is 26.2 Å². The van der Waals surface area contributed by atoms with Gasteiger partial charge in [-0.25, -0.2) is 4.79 Å². The maximum absolute atomic E-state index is 13.1. The van der Waals surface area contributed by atoms with Crippen molar-refractivity contribution in [2.45, 2.75) is 64.2 Å². The molecule has 0 aromatic heterocycles. The zero-order valence-electron chi connectivity index (χ0n) is 16.4. The third-order valence-corrected chi connectivity index (χ3v) is 4.39. The first kappa shape index (κ1) is 23.3. The van der Waals surface area contributed by atoms with Crippen LogP contribution in [-0.4, -0.2) is 72.2 Å². The van der Waals surface area contributed by atoms with E-state index in [-0.39, 0.29) is 11.8 Å². The highest BCUT2D eigenvalue weighted by Crippen LogP contribution is 2.23. The summed E-state index contributed by atoms with van der Waals surface area (Å²) in [5.41, 5.74) is 11.1. The highest BCUT2D eigenvalue weighted by Gasteiger charge is 2.51. The Morgan fingerprint density at radius 3 is 2.00 bits per heavy atom. The van der Waals surface area contributed by atoms with E-state index in [1.54, 1.807) is 4.90 Å². The number of amides is 2. The molecule has 0 spiro atoms. The second-order valence-electron chi connectivity index (χ2n) is 7.32. The van der Waals surface area contributed by atoms with Crippen LogP contribution in [0.1, 0.15) is 46.0 Å². The lowest BCUT2D eigenvalue weighted by molar-refractivity contribution is -0.138. The van der Waals surface area contributed by atoms with E-state index in [4.69, 9.17) is 21.3 Å². The Labute approximate surface area is 160 Å². The second-order valence-corrected chi connectivity index (χ2v) is 7.32. The van der Waals surface area contributed by atoms with Crippen molar-refractivity contribution in [3.05, 3.63) is 0 Å². The molecule has 2 amide bonds. The van der Waals surface area contributed by atoms with Gasteiger partial charge in [0.25, 0.3) is 5.91 Å². The molecule has 0 aliphatic carbocycles. The topological polar surface area (TPSA) is 151 Å². The van der Waals surface area contributed by atoms with Crippen LogP contribution < -0.4 is 16.8 Å². The number of epoxide rings is 1. The molecule has 156 valence electrons. The van der Waals surface area contributed by atoms with Gasteiger partial charge in [-0.2, -0.15) is 0 Å². The molecule has 1 heterocycles. The van der Waals surface area contributed by atoms with Crippen LogP contribution in [0.4, 0.5) is 0 Å². The largest absolute Gasteiger partial charge is 0.479 e. The molecule has 1 rings (SSSR count). The molecule has 9 nitrogen and oxygen atoms in total. The number of nitrogens with one attached hydrogen (secondary N) is 1. The third kappa shape index (κ3) is 8.23. The van der Waals surface area contributed by atoms with Crippen molar-refractivity contribution in [2.24, 2.45) is 17.4 Å². The van der Waals surface area contributed by atoms with Crippen molar-refractivity contribution in [3.63, 3.8) is 0 Å². The molecule has 1 aliphatic heterocycles. The minimum atomic E-state index is -1.17. The Balaban J connectivity index is 2.75. The predicted molar refractivity (Wildman–Crippen MR) is 101 cm³/mol. The van der Waals surface area contributed by atoms with E-state index in [9.17, 15) is 14.4 Å². The van der Waals surface area contributed by atoms with Crippen molar-refractivity contribution >= 4 is 17.8 Å². The lowest BCUT2D eigenvalue weighted by Crippen LogP contribution is -2.51. The molecule has 1 saturated heterocycles. The Morgan fingerprint density at radius 2 is 1.59 bits per heavy atom. The number of carbonyl (C=O) groups is 3. The standard InChI is InChI=1S/C18H34N4O5/c1-12(2)11-13(21-16(23)14-15(27-14)18(25)26)17(24)22(9-5-3-7-19)10-6-4-8-20/h12-15H,3-11,19-20H2,1-2H3,(H,21,23)(H,25,26)/t13-,14?,15-/m0/s1. The van der Waals surface area contributed by atoms with Crippen LogP contribution in [0.3, 0.4) is 0 Å². The molecule has 27 heavy (non-hydrogen) atoms. The van der Waals surface area contributed by atoms with Gasteiger partial charge in [0.05, 0.1) is 0 Å². The lowest BCUT2D eigenvalue weighted by Gasteiger charge is -2.29. The van der Waals surface area contributed by atoms with Crippen molar-refractivity contribution < 1.29 is 24.2 Å². The second kappa shape index (κ2) is 11.9. The molecular weight excluding hydrogens is 352 g/mol. The summed E-state index contributed by atoms with van der Waals surface area (Å²) in [7, 11) is 0. The fourth-order valence-corrected chi connectivity index (χ4v) is 2.89. The Kier molecular flexibility index (Phi) is 10.3. The number of unbranched alkanes of at least 4 members (excludes halogenated alkanes) is 2. The minimum Gasteiger partial charge on any atom is -0.479 e. The van der Waals surface area contributed by atoms with Crippen molar-refractivity contribution in [3.8, 4) is 0 Å². The maximum Gasteiger partial charge on any atom is 0.336 e. The summed E-state index contributed by atoms with van der Waals surface area (Å²) in [5.74, 6) is -1.69. The summed E-state index contributed by atoms with van der Waals surface area (Å²) < 4.78 is 4.88. The summed E-state index contributed by atoms with van der Waals surface area (Å²) >= 11 is 0. The highest BCUT2D eigenvalue weighted by molar-refractivity contribution is 5.95. The van der Waals surface area contributed by atoms with E-state index in [1.165, 1.54) is 0 Å². The van der Waals surface area contributed by atoms with Gasteiger partial charge in [0.2, 0.25) is 5.91 Å². The summed E-state index contributed by atoms with van der Waals surface area (Å²) in [6.45, 7) is 6.20.